The number of halogens is 1. The van der Waals surface area contributed by atoms with Gasteiger partial charge in [-0.15, -0.1) is 0 Å². The lowest BCUT2D eigenvalue weighted by atomic mass is 10.2. The number of nitro benzene ring substituents is 1. The second-order valence-electron chi connectivity index (χ2n) is 4.44. The highest BCUT2D eigenvalue weighted by Gasteiger charge is 2.12. The SMILES string of the molecule is COc1cc(NC(=O)COc2ccccc2Cl)cc([N+](=O)[O-])c1. The molecule has 2 aromatic rings. The summed E-state index contributed by atoms with van der Waals surface area (Å²) in [5.74, 6) is 0.162. The quantitative estimate of drug-likeness (QED) is 0.645. The summed E-state index contributed by atoms with van der Waals surface area (Å²) >= 11 is 5.91. The van der Waals surface area contributed by atoms with Crippen molar-refractivity contribution in [1.82, 2.24) is 0 Å². The standard InChI is InChI=1S/C15H13ClN2O5/c1-22-12-7-10(6-11(8-12)18(20)21)17-15(19)9-23-14-5-3-2-4-13(14)16/h2-8H,9H2,1H3,(H,17,19). The van der Waals surface area contributed by atoms with Crippen molar-refractivity contribution in [2.45, 2.75) is 0 Å². The fraction of sp³-hybridized carbons (Fsp3) is 0.133. The maximum absolute atomic E-state index is 11.9. The van der Waals surface area contributed by atoms with Crippen LogP contribution in [0.15, 0.2) is 42.5 Å². The lowest BCUT2D eigenvalue weighted by Gasteiger charge is -2.09. The van der Waals surface area contributed by atoms with Gasteiger partial charge in [0.05, 0.1) is 28.8 Å². The number of nitrogens with one attached hydrogen (secondary N) is 1. The molecule has 0 heterocycles. The molecule has 0 saturated heterocycles. The van der Waals surface area contributed by atoms with Gasteiger partial charge in [-0.25, -0.2) is 0 Å². The van der Waals surface area contributed by atoms with Crippen LogP contribution in [-0.2, 0) is 4.79 Å². The van der Waals surface area contributed by atoms with E-state index in [1.807, 2.05) is 0 Å². The van der Waals surface area contributed by atoms with Crippen LogP contribution in [0.1, 0.15) is 0 Å². The number of hydrogen-bond donors (Lipinski definition) is 1. The van der Waals surface area contributed by atoms with Crippen LogP contribution in [0.25, 0.3) is 0 Å². The number of rotatable bonds is 6. The number of amides is 1. The topological polar surface area (TPSA) is 90.7 Å². The van der Waals surface area contributed by atoms with Crippen LogP contribution < -0.4 is 14.8 Å². The Labute approximate surface area is 136 Å². The van der Waals surface area contributed by atoms with Crippen LogP contribution in [0.4, 0.5) is 11.4 Å². The first kappa shape index (κ1) is 16.6. The molecule has 0 fully saturated rings. The highest BCUT2D eigenvalue weighted by Crippen LogP contribution is 2.26. The summed E-state index contributed by atoms with van der Waals surface area (Å²) in [5, 5.41) is 13.7. The normalized spacial score (nSPS) is 10.0. The zero-order chi connectivity index (χ0) is 16.8. The van der Waals surface area contributed by atoms with Crippen LogP contribution in [0.2, 0.25) is 5.02 Å². The third-order valence-corrected chi connectivity index (χ3v) is 3.13. The van der Waals surface area contributed by atoms with E-state index in [1.165, 1.54) is 25.3 Å². The number of benzene rings is 2. The Morgan fingerprint density at radius 1 is 1.30 bits per heavy atom. The fourth-order valence-corrected chi connectivity index (χ4v) is 1.97. The van der Waals surface area contributed by atoms with Crippen LogP contribution >= 0.6 is 11.6 Å². The minimum atomic E-state index is -0.571. The zero-order valence-electron chi connectivity index (χ0n) is 12.1. The molecule has 0 aliphatic carbocycles. The number of para-hydroxylation sites is 1. The fourth-order valence-electron chi connectivity index (χ4n) is 1.78. The van der Waals surface area contributed by atoms with Gasteiger partial charge in [0.25, 0.3) is 11.6 Å². The Hall–Kier alpha value is -2.80. The monoisotopic (exact) mass is 336 g/mol. The van der Waals surface area contributed by atoms with Crippen LogP contribution in [-0.4, -0.2) is 24.5 Å². The molecule has 23 heavy (non-hydrogen) atoms. The van der Waals surface area contributed by atoms with Crippen molar-refractivity contribution >= 4 is 28.9 Å². The third kappa shape index (κ3) is 4.58. The molecule has 7 nitrogen and oxygen atoms in total. The van der Waals surface area contributed by atoms with Gasteiger partial charge in [-0.1, -0.05) is 23.7 Å². The second-order valence-corrected chi connectivity index (χ2v) is 4.85. The van der Waals surface area contributed by atoms with Crippen molar-refractivity contribution in [3.63, 3.8) is 0 Å². The van der Waals surface area contributed by atoms with Gasteiger partial charge in [0.15, 0.2) is 6.61 Å². The number of ether oxygens (including phenoxy) is 2. The molecule has 0 aromatic heterocycles. The number of carbonyl (C=O) groups is 1. The summed E-state index contributed by atoms with van der Waals surface area (Å²) in [4.78, 5) is 22.2. The Bertz CT molecular complexity index is 736. The number of methoxy groups -OCH3 is 1. The van der Waals surface area contributed by atoms with E-state index < -0.39 is 10.8 Å². The van der Waals surface area contributed by atoms with Crippen molar-refractivity contribution in [3.8, 4) is 11.5 Å². The Balaban J connectivity index is 2.04. The highest BCUT2D eigenvalue weighted by atomic mass is 35.5. The Morgan fingerprint density at radius 3 is 2.70 bits per heavy atom. The first-order chi connectivity index (χ1) is 11.0. The van der Waals surface area contributed by atoms with E-state index in [1.54, 1.807) is 24.3 Å². The molecule has 0 atom stereocenters. The van der Waals surface area contributed by atoms with Gasteiger partial charge in [-0.3, -0.25) is 14.9 Å². The van der Waals surface area contributed by atoms with Crippen molar-refractivity contribution < 1.29 is 19.2 Å². The molecule has 8 heteroatoms. The second kappa shape index (κ2) is 7.46. The summed E-state index contributed by atoms with van der Waals surface area (Å²) < 4.78 is 10.3. The van der Waals surface area contributed by atoms with E-state index in [2.05, 4.69) is 5.32 Å². The minimum Gasteiger partial charge on any atom is -0.496 e. The van der Waals surface area contributed by atoms with Gasteiger partial charge in [0.1, 0.15) is 11.5 Å². The van der Waals surface area contributed by atoms with E-state index in [0.29, 0.717) is 10.8 Å². The molecule has 0 aliphatic heterocycles. The molecule has 1 amide bonds. The Kier molecular flexibility index (Phi) is 5.37. The molecule has 2 rings (SSSR count). The van der Waals surface area contributed by atoms with Crippen molar-refractivity contribution in [3.05, 3.63) is 57.6 Å². The number of carbonyl (C=O) groups excluding carboxylic acids is 1. The van der Waals surface area contributed by atoms with Gasteiger partial charge >= 0.3 is 0 Å². The molecule has 1 N–H and O–H groups in total. The molecule has 0 bridgehead atoms. The molecule has 0 radical (unpaired) electrons. The summed E-state index contributed by atoms with van der Waals surface area (Å²) in [6.07, 6.45) is 0. The third-order valence-electron chi connectivity index (χ3n) is 2.82. The first-order valence-corrected chi connectivity index (χ1v) is 6.88. The smallest absolute Gasteiger partial charge is 0.275 e. The van der Waals surface area contributed by atoms with Crippen LogP contribution in [0.5, 0.6) is 11.5 Å². The van der Waals surface area contributed by atoms with Gasteiger partial charge < -0.3 is 14.8 Å². The molecular formula is C15H13ClN2O5. The highest BCUT2D eigenvalue weighted by molar-refractivity contribution is 6.32. The number of non-ortho nitro benzene ring substituents is 1. The lowest BCUT2D eigenvalue weighted by Crippen LogP contribution is -2.20. The van der Waals surface area contributed by atoms with E-state index in [0.717, 1.165) is 0 Å². The van der Waals surface area contributed by atoms with E-state index >= 15 is 0 Å². The maximum atomic E-state index is 11.9. The largest absolute Gasteiger partial charge is 0.496 e. The van der Waals surface area contributed by atoms with Gasteiger partial charge in [0, 0.05) is 12.1 Å². The van der Waals surface area contributed by atoms with Gasteiger partial charge in [0.2, 0.25) is 0 Å². The molecule has 2 aromatic carbocycles. The van der Waals surface area contributed by atoms with E-state index in [-0.39, 0.29) is 23.7 Å². The van der Waals surface area contributed by atoms with Crippen LogP contribution in [0.3, 0.4) is 0 Å². The molecular weight excluding hydrogens is 324 g/mol. The molecule has 0 spiro atoms. The number of anilines is 1. The molecule has 0 unspecified atom stereocenters. The number of nitro groups is 1. The number of hydrogen-bond acceptors (Lipinski definition) is 5. The summed E-state index contributed by atoms with van der Waals surface area (Å²) in [6, 6.07) is 10.7. The van der Waals surface area contributed by atoms with Crippen molar-refractivity contribution in [2.75, 3.05) is 19.0 Å². The van der Waals surface area contributed by atoms with Crippen LogP contribution in [0, 0.1) is 10.1 Å². The average Bonchev–Trinajstić information content (AvgIpc) is 2.53. The lowest BCUT2D eigenvalue weighted by molar-refractivity contribution is -0.384. The zero-order valence-corrected chi connectivity index (χ0v) is 12.9. The molecule has 120 valence electrons. The molecule has 0 aliphatic rings. The summed E-state index contributed by atoms with van der Waals surface area (Å²) in [5.41, 5.74) is 0.0514. The Morgan fingerprint density at radius 2 is 2.04 bits per heavy atom. The minimum absolute atomic E-state index is 0.188. The van der Waals surface area contributed by atoms with Gasteiger partial charge in [-0.2, -0.15) is 0 Å². The summed E-state index contributed by atoms with van der Waals surface area (Å²) in [7, 11) is 1.38. The average molecular weight is 337 g/mol. The van der Waals surface area contributed by atoms with Gasteiger partial charge in [-0.05, 0) is 12.1 Å². The predicted molar refractivity (Wildman–Crippen MR) is 85.2 cm³/mol. The summed E-state index contributed by atoms with van der Waals surface area (Å²) in [6.45, 7) is -0.283. The van der Waals surface area contributed by atoms with Crippen molar-refractivity contribution in [2.24, 2.45) is 0 Å². The van der Waals surface area contributed by atoms with E-state index in [9.17, 15) is 14.9 Å². The molecule has 0 saturated carbocycles. The predicted octanol–water partition coefficient (Wildman–Crippen LogP) is 3.27. The maximum Gasteiger partial charge on any atom is 0.275 e. The van der Waals surface area contributed by atoms with Crippen molar-refractivity contribution in [1.29, 1.82) is 0 Å². The first-order valence-electron chi connectivity index (χ1n) is 6.50. The van der Waals surface area contributed by atoms with E-state index in [4.69, 9.17) is 21.1 Å². The number of nitrogens with zero attached hydrogens (tertiary/aromatic N) is 1.